The van der Waals surface area contributed by atoms with E-state index in [1.54, 1.807) is 48.5 Å². The lowest BCUT2D eigenvalue weighted by Crippen LogP contribution is -2.51. The Balaban J connectivity index is 1.83. The predicted molar refractivity (Wildman–Crippen MR) is 128 cm³/mol. The summed E-state index contributed by atoms with van der Waals surface area (Å²) in [6, 6.07) is 16.1. The maximum absolute atomic E-state index is 13.1. The highest BCUT2D eigenvalue weighted by atomic mass is 32.2. The van der Waals surface area contributed by atoms with Crippen LogP contribution in [0.5, 0.6) is 0 Å². The van der Waals surface area contributed by atoms with Crippen molar-refractivity contribution in [3.63, 3.8) is 0 Å². The fourth-order valence-corrected chi connectivity index (χ4v) is 5.83. The normalized spacial score (nSPS) is 13.5. The monoisotopic (exact) mass is 505 g/mol. The van der Waals surface area contributed by atoms with Crippen LogP contribution in [0.4, 0.5) is 0 Å². The van der Waals surface area contributed by atoms with Crippen LogP contribution in [-0.2, 0) is 30.3 Å². The Kier molecular flexibility index (Phi) is 7.44. The zero-order valence-electron chi connectivity index (χ0n) is 18.9. The Labute approximate surface area is 199 Å². The van der Waals surface area contributed by atoms with Crippen LogP contribution < -0.4 is 14.9 Å². The summed E-state index contributed by atoms with van der Waals surface area (Å²) < 4.78 is 56.0. The zero-order valence-corrected chi connectivity index (χ0v) is 20.6. The van der Waals surface area contributed by atoms with Crippen molar-refractivity contribution in [2.24, 2.45) is 0 Å². The zero-order chi connectivity index (χ0) is 25.1. The summed E-state index contributed by atoms with van der Waals surface area (Å²) in [4.78, 5) is 12.0. The first kappa shape index (κ1) is 25.8. The second-order valence-corrected chi connectivity index (χ2v) is 12.2. The van der Waals surface area contributed by atoms with E-state index in [1.807, 2.05) is 20.8 Å². The number of fused-ring (bicyclic) bond motifs is 1. The molecule has 0 heterocycles. The van der Waals surface area contributed by atoms with Crippen molar-refractivity contribution in [2.45, 2.75) is 42.0 Å². The minimum absolute atomic E-state index is 0.0411. The number of carbonyl (C=O) groups excluding carboxylic acids is 1. The van der Waals surface area contributed by atoms with E-state index in [4.69, 9.17) is 5.21 Å². The first-order valence-electron chi connectivity index (χ1n) is 10.4. The molecule has 1 amide bonds. The molecule has 0 saturated heterocycles. The number of sulfonamides is 2. The average molecular weight is 506 g/mol. The molecule has 1 atom stereocenters. The van der Waals surface area contributed by atoms with Gasteiger partial charge in [0.2, 0.25) is 20.0 Å². The van der Waals surface area contributed by atoms with Crippen LogP contribution in [0.25, 0.3) is 10.8 Å². The molecule has 0 aromatic heterocycles. The third-order valence-electron chi connectivity index (χ3n) is 5.27. The number of rotatable bonds is 8. The fourth-order valence-electron chi connectivity index (χ4n) is 3.36. The summed E-state index contributed by atoms with van der Waals surface area (Å²) >= 11 is 0. The number of benzene rings is 3. The molecule has 1 unspecified atom stereocenters. The lowest BCUT2D eigenvalue weighted by Gasteiger charge is -2.20. The maximum Gasteiger partial charge on any atom is 0.262 e. The first-order valence-corrected chi connectivity index (χ1v) is 13.4. The number of hydroxylamine groups is 1. The van der Waals surface area contributed by atoms with E-state index in [2.05, 4.69) is 9.44 Å². The topological polar surface area (TPSA) is 142 Å². The van der Waals surface area contributed by atoms with Gasteiger partial charge in [0.1, 0.15) is 6.04 Å². The lowest BCUT2D eigenvalue weighted by molar-refractivity contribution is -0.130. The lowest BCUT2D eigenvalue weighted by atomic mass is 9.87. The molecule has 3 aromatic carbocycles. The van der Waals surface area contributed by atoms with Gasteiger partial charge >= 0.3 is 0 Å². The largest absolute Gasteiger partial charge is 0.289 e. The van der Waals surface area contributed by atoms with E-state index in [1.165, 1.54) is 23.7 Å². The maximum atomic E-state index is 13.1. The number of hydrogen-bond acceptors (Lipinski definition) is 6. The van der Waals surface area contributed by atoms with Crippen LogP contribution in [0.3, 0.4) is 0 Å². The molecule has 0 saturated carbocycles. The molecule has 0 fully saturated rings. The number of hydrogen-bond donors (Lipinski definition) is 4. The van der Waals surface area contributed by atoms with Crippen molar-refractivity contribution in [3.05, 3.63) is 72.3 Å². The van der Waals surface area contributed by atoms with E-state index >= 15 is 0 Å². The molecule has 0 spiro atoms. The molecule has 0 aliphatic rings. The molecule has 11 heteroatoms. The minimum Gasteiger partial charge on any atom is -0.289 e. The Morgan fingerprint density at radius 1 is 0.882 bits per heavy atom. The van der Waals surface area contributed by atoms with E-state index in [9.17, 15) is 21.6 Å². The molecule has 3 aromatic rings. The van der Waals surface area contributed by atoms with Gasteiger partial charge in [0.05, 0.1) is 9.79 Å². The summed E-state index contributed by atoms with van der Waals surface area (Å²) in [5, 5.41) is 10.2. The quantitative estimate of drug-likeness (QED) is 0.273. The molecule has 0 aliphatic heterocycles. The van der Waals surface area contributed by atoms with Crippen molar-refractivity contribution in [1.82, 2.24) is 14.9 Å². The van der Waals surface area contributed by atoms with E-state index in [0.717, 1.165) is 5.56 Å². The average Bonchev–Trinajstić information content (AvgIpc) is 2.80. The third kappa shape index (κ3) is 5.80. The molecule has 3 rings (SSSR count). The van der Waals surface area contributed by atoms with Crippen molar-refractivity contribution in [2.75, 3.05) is 6.54 Å². The van der Waals surface area contributed by atoms with Crippen molar-refractivity contribution in [1.29, 1.82) is 0 Å². The van der Waals surface area contributed by atoms with Gasteiger partial charge in [-0.25, -0.2) is 27.0 Å². The Morgan fingerprint density at radius 3 is 2.12 bits per heavy atom. The summed E-state index contributed by atoms with van der Waals surface area (Å²) in [5.41, 5.74) is 2.15. The highest BCUT2D eigenvalue weighted by Gasteiger charge is 2.28. The Morgan fingerprint density at radius 2 is 1.50 bits per heavy atom. The molecule has 0 aliphatic carbocycles. The number of nitrogens with one attached hydrogen (secondary N) is 3. The highest BCUT2D eigenvalue weighted by Crippen LogP contribution is 2.24. The summed E-state index contributed by atoms with van der Waals surface area (Å²) in [7, 11) is -8.31. The number of carbonyl (C=O) groups is 1. The van der Waals surface area contributed by atoms with E-state index < -0.39 is 38.5 Å². The van der Waals surface area contributed by atoms with Gasteiger partial charge in [-0.3, -0.25) is 10.0 Å². The van der Waals surface area contributed by atoms with E-state index in [-0.39, 0.29) is 15.2 Å². The molecule has 4 N–H and O–H groups in total. The Bertz CT molecular complexity index is 1390. The highest BCUT2D eigenvalue weighted by molar-refractivity contribution is 7.90. The van der Waals surface area contributed by atoms with Crippen molar-refractivity contribution in [3.8, 4) is 0 Å². The van der Waals surface area contributed by atoms with Gasteiger partial charge in [-0.15, -0.1) is 0 Å². The van der Waals surface area contributed by atoms with Crippen LogP contribution in [0.15, 0.2) is 76.5 Å². The van der Waals surface area contributed by atoms with Gasteiger partial charge in [-0.1, -0.05) is 69.3 Å². The third-order valence-corrected chi connectivity index (χ3v) is 8.24. The second-order valence-electron chi connectivity index (χ2n) is 8.75. The van der Waals surface area contributed by atoms with Crippen LogP contribution in [0.2, 0.25) is 0 Å². The minimum atomic E-state index is -4.25. The van der Waals surface area contributed by atoms with Crippen LogP contribution >= 0.6 is 0 Å². The van der Waals surface area contributed by atoms with Gasteiger partial charge in [-0.05, 0) is 34.6 Å². The van der Waals surface area contributed by atoms with Crippen molar-refractivity contribution >= 4 is 36.7 Å². The SMILES string of the molecule is CC(C)(C)c1ccc(S(=O)(=O)NCC(NS(=O)(=O)c2cccc3ccccc23)C(=O)NO)cc1. The molecular weight excluding hydrogens is 478 g/mol. The fraction of sp³-hybridized carbons (Fsp3) is 0.261. The Hall–Kier alpha value is -2.83. The van der Waals surface area contributed by atoms with Crippen LogP contribution in [0, 0.1) is 0 Å². The standard InChI is InChI=1S/C23H27N3O6S2/c1-23(2,3)17-11-13-18(14-12-17)33(29,30)24-15-20(22(27)25-28)26-34(31,32)21-10-6-8-16-7-4-5-9-19(16)21/h4-14,20,24,26,28H,15H2,1-3H3,(H,25,27). The van der Waals surface area contributed by atoms with Crippen molar-refractivity contribution < 1.29 is 26.8 Å². The second kappa shape index (κ2) is 9.80. The molecule has 34 heavy (non-hydrogen) atoms. The van der Waals surface area contributed by atoms with Crippen LogP contribution in [0.1, 0.15) is 26.3 Å². The van der Waals surface area contributed by atoms with Gasteiger partial charge in [-0.2, -0.15) is 4.72 Å². The molecule has 9 nitrogen and oxygen atoms in total. The summed E-state index contributed by atoms with van der Waals surface area (Å²) in [6.45, 7) is 5.36. The smallest absolute Gasteiger partial charge is 0.262 e. The predicted octanol–water partition coefficient (Wildman–Crippen LogP) is 2.27. The number of amides is 1. The van der Waals surface area contributed by atoms with Gasteiger partial charge in [0.15, 0.2) is 0 Å². The van der Waals surface area contributed by atoms with Crippen LogP contribution in [-0.4, -0.2) is 40.5 Å². The van der Waals surface area contributed by atoms with Gasteiger partial charge < -0.3 is 0 Å². The summed E-state index contributed by atoms with van der Waals surface area (Å²) in [6.07, 6.45) is 0. The van der Waals surface area contributed by atoms with E-state index in [0.29, 0.717) is 10.8 Å². The molecule has 182 valence electrons. The first-order chi connectivity index (χ1) is 15.8. The molecule has 0 bridgehead atoms. The molecular formula is C23H27N3O6S2. The van der Waals surface area contributed by atoms with Gasteiger partial charge in [0, 0.05) is 11.9 Å². The molecule has 0 radical (unpaired) electrons. The van der Waals surface area contributed by atoms with Gasteiger partial charge in [0.25, 0.3) is 5.91 Å². The summed E-state index contributed by atoms with van der Waals surface area (Å²) in [5.74, 6) is -1.12.